The summed E-state index contributed by atoms with van der Waals surface area (Å²) in [6, 6.07) is -0.736. The van der Waals surface area contributed by atoms with Crippen LogP contribution in [0.2, 0.25) is 0 Å². The Bertz CT molecular complexity index is 107. The molecule has 0 heterocycles. The van der Waals surface area contributed by atoms with Gasteiger partial charge in [-0.15, -0.1) is 0 Å². The lowest BCUT2D eigenvalue weighted by Gasteiger charge is -2.13. The summed E-state index contributed by atoms with van der Waals surface area (Å²) in [5, 5.41) is 8.36. The van der Waals surface area contributed by atoms with E-state index in [1.165, 1.54) is 0 Å². The Morgan fingerprint density at radius 1 is 1.67 bits per heavy atom. The first kappa shape index (κ1) is 9.48. The summed E-state index contributed by atoms with van der Waals surface area (Å²) in [5.41, 5.74) is 0. The molecule has 0 bridgehead atoms. The molecule has 6 heteroatoms. The predicted octanol–water partition coefficient (Wildman–Crippen LogP) is 0.361. The Labute approximate surface area is 69.9 Å². The van der Waals surface area contributed by atoms with E-state index in [4.69, 9.17) is 5.11 Å². The predicted molar refractivity (Wildman–Crippen MR) is 45.1 cm³/mol. The summed E-state index contributed by atoms with van der Waals surface area (Å²) >= 11 is 11.1. The molecule has 3 nitrogen and oxygen atoms in total. The first-order valence-corrected chi connectivity index (χ1v) is 3.53. The second kappa shape index (κ2) is 4.32. The molecule has 9 heavy (non-hydrogen) atoms. The van der Waals surface area contributed by atoms with Crippen LogP contribution in [-0.4, -0.2) is 26.6 Å². The molecule has 0 aromatic carbocycles. The molecule has 0 saturated carbocycles. The van der Waals surface area contributed by atoms with Gasteiger partial charge in [0.05, 0.1) is 0 Å². The third-order valence-corrected chi connectivity index (χ3v) is 1.64. The van der Waals surface area contributed by atoms with Crippen LogP contribution in [0, 0.1) is 0 Å². The van der Waals surface area contributed by atoms with Crippen molar-refractivity contribution in [2.75, 3.05) is 5.75 Å². The van der Waals surface area contributed by atoms with Crippen molar-refractivity contribution in [3.8, 4) is 0 Å². The van der Waals surface area contributed by atoms with Crippen LogP contribution in [0.25, 0.3) is 0 Å². The fourth-order valence-electron chi connectivity index (χ4n) is 0.250. The summed E-state index contributed by atoms with van der Waals surface area (Å²) in [4.78, 5) is 10.2. The molecule has 0 aromatic rings. The van der Waals surface area contributed by atoms with E-state index in [0.717, 1.165) is 3.71 Å². The molecule has 1 atom stereocenters. The van der Waals surface area contributed by atoms with Crippen molar-refractivity contribution in [3.05, 3.63) is 0 Å². The van der Waals surface area contributed by atoms with Crippen LogP contribution < -0.4 is 0 Å². The van der Waals surface area contributed by atoms with Crippen LogP contribution in [0.4, 0.5) is 0 Å². The Hall–Kier alpha value is 0.480. The maximum absolute atomic E-state index is 10.2. The smallest absolute Gasteiger partial charge is 0.323 e. The number of carbonyl (C=O) groups is 1. The molecule has 0 saturated heterocycles. The lowest BCUT2D eigenvalue weighted by molar-refractivity contribution is -0.139. The van der Waals surface area contributed by atoms with Crippen molar-refractivity contribution in [1.29, 1.82) is 0 Å². The van der Waals surface area contributed by atoms with E-state index in [-0.39, 0.29) is 5.75 Å². The lowest BCUT2D eigenvalue weighted by Crippen LogP contribution is -2.30. The van der Waals surface area contributed by atoms with Crippen LogP contribution in [0.3, 0.4) is 0 Å². The van der Waals surface area contributed by atoms with Gasteiger partial charge in [-0.05, 0) is 0 Å². The molecular formula is C3H7NO2S3. The number of hydrogen-bond acceptors (Lipinski definition) is 5. The average Bonchev–Trinajstić information content (AvgIpc) is 1.64. The SMILES string of the molecule is O=C(O)C(CS)N(S)S. The second-order valence-electron chi connectivity index (χ2n) is 1.36. The molecule has 0 spiro atoms. The number of hydrogen-bond donors (Lipinski definition) is 4. The second-order valence-corrected chi connectivity index (χ2v) is 2.90. The first-order valence-electron chi connectivity index (χ1n) is 2.10. The van der Waals surface area contributed by atoms with E-state index in [9.17, 15) is 4.79 Å². The van der Waals surface area contributed by atoms with E-state index < -0.39 is 12.0 Å². The molecule has 0 amide bonds. The molecule has 0 aromatic heterocycles. The Balaban J connectivity index is 3.83. The average molecular weight is 185 g/mol. The van der Waals surface area contributed by atoms with Gasteiger partial charge in [-0.25, -0.2) is 0 Å². The maximum atomic E-state index is 10.2. The molecule has 1 N–H and O–H groups in total. The summed E-state index contributed by atoms with van der Waals surface area (Å²) in [6.45, 7) is 0. The standard InChI is InChI=1S/C3H7NO2S3/c5-3(6)2(1-7)4(8)9/h2,7-9H,1H2,(H,5,6). The van der Waals surface area contributed by atoms with E-state index in [1.54, 1.807) is 0 Å². The number of carboxylic acid groups (broad SMARTS) is 1. The topological polar surface area (TPSA) is 40.5 Å². The fourth-order valence-corrected chi connectivity index (χ4v) is 1.19. The summed E-state index contributed by atoms with van der Waals surface area (Å²) in [6.07, 6.45) is 0. The van der Waals surface area contributed by atoms with Crippen LogP contribution in [0.1, 0.15) is 0 Å². The van der Waals surface area contributed by atoms with Crippen LogP contribution in [-0.2, 0) is 4.79 Å². The number of aliphatic carboxylic acids is 1. The third-order valence-electron chi connectivity index (χ3n) is 0.737. The highest BCUT2D eigenvalue weighted by molar-refractivity contribution is 7.93. The highest BCUT2D eigenvalue weighted by atomic mass is 32.2. The van der Waals surface area contributed by atoms with Crippen LogP contribution >= 0.6 is 38.3 Å². The zero-order chi connectivity index (χ0) is 7.44. The minimum atomic E-state index is -0.977. The third kappa shape index (κ3) is 3.24. The van der Waals surface area contributed by atoms with Gasteiger partial charge >= 0.3 is 5.97 Å². The fraction of sp³-hybridized carbons (Fsp3) is 0.667. The van der Waals surface area contributed by atoms with Crippen molar-refractivity contribution >= 4 is 44.2 Å². The molecule has 1 unspecified atom stereocenters. The van der Waals surface area contributed by atoms with Gasteiger partial charge in [-0.3, -0.25) is 4.79 Å². The normalized spacial score (nSPS) is 13.8. The van der Waals surface area contributed by atoms with Crippen LogP contribution in [0.15, 0.2) is 0 Å². The molecule has 0 aliphatic rings. The Morgan fingerprint density at radius 3 is 2.11 bits per heavy atom. The molecule has 0 aliphatic heterocycles. The van der Waals surface area contributed by atoms with Crippen molar-refractivity contribution in [1.82, 2.24) is 3.71 Å². The molecule has 0 radical (unpaired) electrons. The zero-order valence-corrected chi connectivity index (χ0v) is 7.11. The maximum Gasteiger partial charge on any atom is 0.323 e. The molecule has 0 aliphatic carbocycles. The first-order chi connectivity index (χ1) is 4.09. The lowest BCUT2D eigenvalue weighted by atomic mass is 10.4. The van der Waals surface area contributed by atoms with Gasteiger partial charge < -0.3 is 5.11 Å². The van der Waals surface area contributed by atoms with Gasteiger partial charge in [-0.1, -0.05) is 25.6 Å². The highest BCUT2D eigenvalue weighted by Crippen LogP contribution is 2.07. The zero-order valence-electron chi connectivity index (χ0n) is 4.43. The van der Waals surface area contributed by atoms with Gasteiger partial charge in [0.15, 0.2) is 0 Å². The van der Waals surface area contributed by atoms with Crippen molar-refractivity contribution in [2.24, 2.45) is 0 Å². The van der Waals surface area contributed by atoms with Gasteiger partial charge in [0.2, 0.25) is 0 Å². The molecule has 0 fully saturated rings. The van der Waals surface area contributed by atoms with Gasteiger partial charge in [0, 0.05) is 5.75 Å². The minimum Gasteiger partial charge on any atom is -0.480 e. The monoisotopic (exact) mass is 185 g/mol. The molecular weight excluding hydrogens is 178 g/mol. The number of nitrogens with zero attached hydrogens (tertiary/aromatic N) is 1. The summed E-state index contributed by atoms with van der Waals surface area (Å²) < 4.78 is 1.01. The molecule has 54 valence electrons. The van der Waals surface area contributed by atoms with Crippen molar-refractivity contribution in [2.45, 2.75) is 6.04 Å². The van der Waals surface area contributed by atoms with E-state index in [1.807, 2.05) is 0 Å². The number of thiol groups is 3. The Morgan fingerprint density at radius 2 is 2.11 bits per heavy atom. The largest absolute Gasteiger partial charge is 0.480 e. The van der Waals surface area contributed by atoms with E-state index in [0.29, 0.717) is 0 Å². The highest BCUT2D eigenvalue weighted by Gasteiger charge is 2.18. The van der Waals surface area contributed by atoms with E-state index >= 15 is 0 Å². The summed E-state index contributed by atoms with van der Waals surface area (Å²) in [5.74, 6) is -0.780. The van der Waals surface area contributed by atoms with Gasteiger partial charge in [0.25, 0.3) is 0 Å². The minimum absolute atomic E-state index is 0.197. The van der Waals surface area contributed by atoms with Crippen molar-refractivity contribution in [3.63, 3.8) is 0 Å². The van der Waals surface area contributed by atoms with E-state index in [2.05, 4.69) is 38.3 Å². The number of rotatable bonds is 3. The van der Waals surface area contributed by atoms with Crippen LogP contribution in [0.5, 0.6) is 0 Å². The number of carboxylic acids is 1. The quantitative estimate of drug-likeness (QED) is 0.480. The summed E-state index contributed by atoms with van der Waals surface area (Å²) in [7, 11) is 0. The molecule has 0 rings (SSSR count). The van der Waals surface area contributed by atoms with Gasteiger partial charge in [0.1, 0.15) is 6.04 Å². The van der Waals surface area contributed by atoms with Gasteiger partial charge in [-0.2, -0.15) is 16.3 Å². The van der Waals surface area contributed by atoms with Crippen molar-refractivity contribution < 1.29 is 9.90 Å². The Kier molecular flexibility index (Phi) is 4.55.